The normalized spacial score (nSPS) is 9.88. The van der Waals surface area contributed by atoms with Gasteiger partial charge in [-0.3, -0.25) is 0 Å². The Balaban J connectivity index is 0.00000144. The van der Waals surface area contributed by atoms with Crippen molar-refractivity contribution in [1.29, 1.82) is 0 Å². The molecular formula is C13H10Cl4. The van der Waals surface area contributed by atoms with E-state index in [4.69, 9.17) is 46.4 Å². The Morgan fingerprint density at radius 3 is 1.88 bits per heavy atom. The van der Waals surface area contributed by atoms with Crippen molar-refractivity contribution in [3.63, 3.8) is 0 Å². The fourth-order valence-corrected chi connectivity index (χ4v) is 2.31. The summed E-state index contributed by atoms with van der Waals surface area (Å²) in [6, 6.07) is 11.3. The highest BCUT2D eigenvalue weighted by atomic mass is 35.5. The van der Waals surface area contributed by atoms with Crippen LogP contribution >= 0.6 is 46.4 Å². The Bertz CT molecular complexity index is 521. The third-order valence-corrected chi connectivity index (χ3v) is 3.94. The second-order valence-electron chi connectivity index (χ2n) is 3.21. The molecule has 0 aliphatic heterocycles. The topological polar surface area (TPSA) is 0 Å². The van der Waals surface area contributed by atoms with Crippen LogP contribution in [-0.2, 0) is 0 Å². The maximum atomic E-state index is 6.13. The summed E-state index contributed by atoms with van der Waals surface area (Å²) in [6.07, 6.45) is 0. The monoisotopic (exact) mass is 306 g/mol. The van der Waals surface area contributed by atoms with Crippen molar-refractivity contribution in [2.24, 2.45) is 0 Å². The maximum absolute atomic E-state index is 6.13. The Kier molecular flexibility index (Phi) is 5.15. The summed E-state index contributed by atoms with van der Waals surface area (Å²) in [5.41, 5.74) is 1.73. The number of benzene rings is 2. The standard InChI is InChI=1S/C12H6Cl4.CH4/c13-9-6-8(7-4-2-1-3-5-7)10(14)12(16)11(9)15;/h1-6H;1H4. The highest BCUT2D eigenvalue weighted by Gasteiger charge is 2.13. The van der Waals surface area contributed by atoms with Gasteiger partial charge >= 0.3 is 0 Å². The summed E-state index contributed by atoms with van der Waals surface area (Å²) in [5.74, 6) is 0. The van der Waals surface area contributed by atoms with E-state index in [1.54, 1.807) is 6.07 Å². The van der Waals surface area contributed by atoms with E-state index in [1.807, 2.05) is 30.3 Å². The maximum Gasteiger partial charge on any atom is 0.0800 e. The Morgan fingerprint density at radius 1 is 0.706 bits per heavy atom. The van der Waals surface area contributed by atoms with Gasteiger partial charge in [0.25, 0.3) is 0 Å². The molecule has 0 aliphatic rings. The van der Waals surface area contributed by atoms with Gasteiger partial charge in [-0.25, -0.2) is 0 Å². The lowest BCUT2D eigenvalue weighted by Gasteiger charge is -2.09. The van der Waals surface area contributed by atoms with Crippen molar-refractivity contribution in [2.75, 3.05) is 0 Å². The van der Waals surface area contributed by atoms with Crippen LogP contribution in [0.4, 0.5) is 0 Å². The van der Waals surface area contributed by atoms with E-state index >= 15 is 0 Å². The summed E-state index contributed by atoms with van der Waals surface area (Å²) in [5, 5.41) is 1.39. The average Bonchev–Trinajstić information content (AvgIpc) is 2.32. The van der Waals surface area contributed by atoms with Crippen molar-refractivity contribution in [3.8, 4) is 11.1 Å². The SMILES string of the molecule is C.Clc1cc(-c2ccccc2)c(Cl)c(Cl)c1Cl. The third kappa shape index (κ3) is 2.89. The van der Waals surface area contributed by atoms with Crippen LogP contribution < -0.4 is 0 Å². The minimum absolute atomic E-state index is 0. The van der Waals surface area contributed by atoms with Gasteiger partial charge in [-0.05, 0) is 11.6 Å². The lowest BCUT2D eigenvalue weighted by atomic mass is 10.1. The van der Waals surface area contributed by atoms with Gasteiger partial charge in [0, 0.05) is 5.56 Å². The van der Waals surface area contributed by atoms with Gasteiger partial charge < -0.3 is 0 Å². The molecule has 2 rings (SSSR count). The highest BCUT2D eigenvalue weighted by molar-refractivity contribution is 6.52. The molecule has 17 heavy (non-hydrogen) atoms. The fraction of sp³-hybridized carbons (Fsp3) is 0.0769. The van der Waals surface area contributed by atoms with Crippen molar-refractivity contribution in [2.45, 2.75) is 7.43 Å². The lowest BCUT2D eigenvalue weighted by Crippen LogP contribution is -1.83. The van der Waals surface area contributed by atoms with Crippen LogP contribution in [-0.4, -0.2) is 0 Å². The predicted molar refractivity (Wildman–Crippen MR) is 78.6 cm³/mol. The Hall–Kier alpha value is -0.400. The molecule has 0 unspecified atom stereocenters. The van der Waals surface area contributed by atoms with E-state index in [0.717, 1.165) is 11.1 Å². The first-order valence-electron chi connectivity index (χ1n) is 4.49. The van der Waals surface area contributed by atoms with E-state index in [2.05, 4.69) is 0 Å². The first-order chi connectivity index (χ1) is 7.61. The molecule has 0 fully saturated rings. The summed E-state index contributed by atoms with van der Waals surface area (Å²) in [6.45, 7) is 0. The van der Waals surface area contributed by atoms with E-state index in [9.17, 15) is 0 Å². The number of halogens is 4. The predicted octanol–water partition coefficient (Wildman–Crippen LogP) is 6.60. The highest BCUT2D eigenvalue weighted by Crippen LogP contribution is 2.42. The van der Waals surface area contributed by atoms with Crippen molar-refractivity contribution >= 4 is 46.4 Å². The van der Waals surface area contributed by atoms with E-state index in [-0.39, 0.29) is 17.5 Å². The quantitative estimate of drug-likeness (QED) is 0.411. The van der Waals surface area contributed by atoms with Gasteiger partial charge in [-0.2, -0.15) is 0 Å². The number of hydrogen-bond acceptors (Lipinski definition) is 0. The zero-order chi connectivity index (χ0) is 11.7. The zero-order valence-electron chi connectivity index (χ0n) is 7.98. The van der Waals surface area contributed by atoms with Gasteiger partial charge in [0.05, 0.1) is 20.1 Å². The van der Waals surface area contributed by atoms with Crippen LogP contribution in [0.3, 0.4) is 0 Å². The molecular weight excluding hydrogens is 298 g/mol. The molecule has 0 radical (unpaired) electrons. The summed E-state index contributed by atoms with van der Waals surface area (Å²) in [4.78, 5) is 0. The van der Waals surface area contributed by atoms with Crippen molar-refractivity contribution in [1.82, 2.24) is 0 Å². The van der Waals surface area contributed by atoms with E-state index < -0.39 is 0 Å². The first kappa shape index (κ1) is 14.7. The molecule has 2 aromatic carbocycles. The average molecular weight is 308 g/mol. The molecule has 0 spiro atoms. The van der Waals surface area contributed by atoms with Crippen molar-refractivity contribution in [3.05, 3.63) is 56.5 Å². The summed E-state index contributed by atoms with van der Waals surface area (Å²) in [7, 11) is 0. The molecule has 0 amide bonds. The largest absolute Gasteiger partial charge is 0.0826 e. The minimum Gasteiger partial charge on any atom is -0.0826 e. The van der Waals surface area contributed by atoms with Gasteiger partial charge in [-0.15, -0.1) is 0 Å². The van der Waals surface area contributed by atoms with Gasteiger partial charge in [0.2, 0.25) is 0 Å². The number of hydrogen-bond donors (Lipinski definition) is 0. The van der Waals surface area contributed by atoms with E-state index in [0.29, 0.717) is 10.0 Å². The lowest BCUT2D eigenvalue weighted by molar-refractivity contribution is 1.61. The van der Waals surface area contributed by atoms with Crippen LogP contribution in [0.15, 0.2) is 36.4 Å². The third-order valence-electron chi connectivity index (χ3n) is 2.19. The molecule has 0 atom stereocenters. The van der Waals surface area contributed by atoms with Gasteiger partial charge in [-0.1, -0.05) is 84.2 Å². The molecule has 0 aliphatic carbocycles. The molecule has 0 bridgehead atoms. The molecule has 0 heterocycles. The van der Waals surface area contributed by atoms with E-state index in [1.165, 1.54) is 0 Å². The molecule has 90 valence electrons. The van der Waals surface area contributed by atoms with Crippen LogP contribution in [0.5, 0.6) is 0 Å². The van der Waals surface area contributed by atoms with Crippen LogP contribution in [0.25, 0.3) is 11.1 Å². The smallest absolute Gasteiger partial charge is 0.0800 e. The summed E-state index contributed by atoms with van der Waals surface area (Å²) >= 11 is 24.0. The van der Waals surface area contributed by atoms with Crippen LogP contribution in [0.1, 0.15) is 7.43 Å². The second kappa shape index (κ2) is 5.97. The molecule has 0 nitrogen and oxygen atoms in total. The van der Waals surface area contributed by atoms with Crippen LogP contribution in [0.2, 0.25) is 20.1 Å². The van der Waals surface area contributed by atoms with Gasteiger partial charge in [0.1, 0.15) is 0 Å². The second-order valence-corrected chi connectivity index (χ2v) is 4.76. The minimum atomic E-state index is 0. The van der Waals surface area contributed by atoms with Gasteiger partial charge in [0.15, 0.2) is 0 Å². The Morgan fingerprint density at radius 2 is 1.29 bits per heavy atom. The first-order valence-corrected chi connectivity index (χ1v) is 6.01. The van der Waals surface area contributed by atoms with Crippen molar-refractivity contribution < 1.29 is 0 Å². The molecule has 4 heteroatoms. The molecule has 0 saturated carbocycles. The summed E-state index contributed by atoms with van der Waals surface area (Å²) < 4.78 is 0. The number of rotatable bonds is 1. The molecule has 0 aromatic heterocycles. The molecule has 2 aromatic rings. The van der Waals surface area contributed by atoms with Crippen LogP contribution in [0, 0.1) is 0 Å². The zero-order valence-corrected chi connectivity index (χ0v) is 11.0. The fourth-order valence-electron chi connectivity index (χ4n) is 1.40. The Labute approximate surface area is 121 Å². The molecule has 0 saturated heterocycles. The molecule has 0 N–H and O–H groups in total.